The van der Waals surface area contributed by atoms with Gasteiger partial charge in [-0.25, -0.2) is 0 Å². The molecule has 1 aromatic heterocycles. The van der Waals surface area contributed by atoms with Crippen LogP contribution in [0, 0.1) is 6.92 Å². The molecule has 2 N–H and O–H groups in total. The van der Waals surface area contributed by atoms with E-state index in [0.717, 1.165) is 42.9 Å². The van der Waals surface area contributed by atoms with Crippen molar-refractivity contribution in [2.75, 3.05) is 36.8 Å². The number of fused-ring (bicyclic) bond motifs is 1. The fourth-order valence-electron chi connectivity index (χ4n) is 3.31. The fraction of sp³-hybridized carbons (Fsp3) is 0.471. The number of likely N-dealkylation sites (N-methyl/N-ethyl adjacent to an activating group) is 1. The number of nitrogen functional groups attached to an aromatic ring is 1. The molecule has 3 rings (SSSR count). The van der Waals surface area contributed by atoms with Gasteiger partial charge in [0.1, 0.15) is 0 Å². The Hall–Kier alpha value is -1.81. The average Bonchev–Trinajstić information content (AvgIpc) is 2.47. The molecule has 1 saturated heterocycles. The molecule has 21 heavy (non-hydrogen) atoms. The second-order valence-corrected chi connectivity index (χ2v) is 5.97. The number of benzene rings is 1. The smallest absolute Gasteiger partial charge is 0.0449 e. The predicted molar refractivity (Wildman–Crippen MR) is 89.8 cm³/mol. The van der Waals surface area contributed by atoms with Gasteiger partial charge in [0.25, 0.3) is 0 Å². The monoisotopic (exact) mass is 284 g/mol. The quantitative estimate of drug-likeness (QED) is 0.861. The third kappa shape index (κ3) is 2.56. The molecule has 2 heterocycles. The molecule has 1 aliphatic rings. The number of anilines is 2. The van der Waals surface area contributed by atoms with Crippen LogP contribution in [0.25, 0.3) is 10.8 Å². The molecule has 1 unspecified atom stereocenters. The standard InChI is InChI=1S/C17H24N4/c1-4-20-7-8-21(11-13(20)3)17-6-5-16(18)15-10-19-12(2)9-14(15)17/h5-6,9-10,13H,4,7-8,11,18H2,1-3H3. The van der Waals surface area contributed by atoms with Crippen LogP contribution in [0.2, 0.25) is 0 Å². The Bertz CT molecular complexity index is 653. The maximum atomic E-state index is 6.11. The highest BCUT2D eigenvalue weighted by atomic mass is 15.3. The summed E-state index contributed by atoms with van der Waals surface area (Å²) in [5.74, 6) is 0. The van der Waals surface area contributed by atoms with Crippen molar-refractivity contribution in [3.63, 3.8) is 0 Å². The average molecular weight is 284 g/mol. The number of aryl methyl sites for hydroxylation is 1. The largest absolute Gasteiger partial charge is 0.398 e. The van der Waals surface area contributed by atoms with Crippen LogP contribution in [0.3, 0.4) is 0 Å². The number of hydrogen-bond acceptors (Lipinski definition) is 4. The summed E-state index contributed by atoms with van der Waals surface area (Å²) in [4.78, 5) is 9.40. The van der Waals surface area contributed by atoms with Gasteiger partial charge in [-0.05, 0) is 38.6 Å². The number of piperazine rings is 1. The first kappa shape index (κ1) is 14.1. The molecule has 4 heteroatoms. The molecule has 1 aliphatic heterocycles. The Kier molecular flexibility index (Phi) is 3.72. The van der Waals surface area contributed by atoms with Gasteiger partial charge in [0.2, 0.25) is 0 Å². The first-order valence-corrected chi connectivity index (χ1v) is 7.74. The number of hydrogen-bond donors (Lipinski definition) is 1. The van der Waals surface area contributed by atoms with Crippen molar-refractivity contribution in [3.05, 3.63) is 30.1 Å². The second-order valence-electron chi connectivity index (χ2n) is 5.97. The minimum atomic E-state index is 0.583. The van der Waals surface area contributed by atoms with Crippen LogP contribution in [0.5, 0.6) is 0 Å². The van der Waals surface area contributed by atoms with Crippen molar-refractivity contribution in [1.29, 1.82) is 0 Å². The highest BCUT2D eigenvalue weighted by Gasteiger charge is 2.23. The zero-order chi connectivity index (χ0) is 15.0. The zero-order valence-corrected chi connectivity index (χ0v) is 13.1. The van der Waals surface area contributed by atoms with Gasteiger partial charge in [0, 0.05) is 59.7 Å². The number of aromatic nitrogens is 1. The third-order valence-corrected chi connectivity index (χ3v) is 4.56. The summed E-state index contributed by atoms with van der Waals surface area (Å²) in [6.45, 7) is 11.0. The van der Waals surface area contributed by atoms with E-state index in [4.69, 9.17) is 5.73 Å². The van der Waals surface area contributed by atoms with E-state index in [9.17, 15) is 0 Å². The van der Waals surface area contributed by atoms with Gasteiger partial charge in [0.05, 0.1) is 0 Å². The molecule has 0 spiro atoms. The molecule has 0 amide bonds. The van der Waals surface area contributed by atoms with Crippen molar-refractivity contribution < 1.29 is 0 Å². The van der Waals surface area contributed by atoms with Crippen LogP contribution >= 0.6 is 0 Å². The predicted octanol–water partition coefficient (Wildman–Crippen LogP) is 2.66. The summed E-state index contributed by atoms with van der Waals surface area (Å²) >= 11 is 0. The molecule has 4 nitrogen and oxygen atoms in total. The van der Waals surface area contributed by atoms with E-state index in [0.29, 0.717) is 6.04 Å². The summed E-state index contributed by atoms with van der Waals surface area (Å²) in [7, 11) is 0. The normalized spacial score (nSPS) is 20.1. The summed E-state index contributed by atoms with van der Waals surface area (Å²) < 4.78 is 0. The minimum absolute atomic E-state index is 0.583. The topological polar surface area (TPSA) is 45.4 Å². The van der Waals surface area contributed by atoms with Gasteiger partial charge < -0.3 is 10.6 Å². The first-order valence-electron chi connectivity index (χ1n) is 7.74. The third-order valence-electron chi connectivity index (χ3n) is 4.56. The molecule has 112 valence electrons. The summed E-state index contributed by atoms with van der Waals surface area (Å²) in [6.07, 6.45) is 1.90. The van der Waals surface area contributed by atoms with E-state index in [1.54, 1.807) is 0 Å². The van der Waals surface area contributed by atoms with Crippen LogP contribution in [-0.4, -0.2) is 42.1 Å². The maximum Gasteiger partial charge on any atom is 0.0449 e. The van der Waals surface area contributed by atoms with Gasteiger partial charge in [-0.1, -0.05) is 6.92 Å². The van der Waals surface area contributed by atoms with E-state index in [1.807, 2.05) is 19.2 Å². The lowest BCUT2D eigenvalue weighted by molar-refractivity contribution is 0.200. The molecule has 0 bridgehead atoms. The summed E-state index contributed by atoms with van der Waals surface area (Å²) in [5.41, 5.74) is 9.24. The number of pyridine rings is 1. The molecule has 2 aromatic rings. The summed E-state index contributed by atoms with van der Waals surface area (Å²) in [5, 5.41) is 2.28. The minimum Gasteiger partial charge on any atom is -0.398 e. The Labute approximate surface area is 126 Å². The van der Waals surface area contributed by atoms with Gasteiger partial charge in [0.15, 0.2) is 0 Å². The molecule has 0 aliphatic carbocycles. The van der Waals surface area contributed by atoms with E-state index in [-0.39, 0.29) is 0 Å². The SMILES string of the molecule is CCN1CCN(c2ccc(N)c3cnc(C)cc23)CC1C. The van der Waals surface area contributed by atoms with E-state index in [2.05, 4.69) is 40.8 Å². The van der Waals surface area contributed by atoms with Crippen molar-refractivity contribution in [1.82, 2.24) is 9.88 Å². The molecular formula is C17H24N4. The Morgan fingerprint density at radius 1 is 1.29 bits per heavy atom. The summed E-state index contributed by atoms with van der Waals surface area (Å²) in [6, 6.07) is 6.90. The lowest BCUT2D eigenvalue weighted by Crippen LogP contribution is -2.51. The fourth-order valence-corrected chi connectivity index (χ4v) is 3.31. The Balaban J connectivity index is 2.01. The van der Waals surface area contributed by atoms with Crippen molar-refractivity contribution >= 4 is 22.1 Å². The molecule has 0 saturated carbocycles. The van der Waals surface area contributed by atoms with Crippen LogP contribution in [0.1, 0.15) is 19.5 Å². The van der Waals surface area contributed by atoms with Gasteiger partial charge >= 0.3 is 0 Å². The lowest BCUT2D eigenvalue weighted by Gasteiger charge is -2.41. The van der Waals surface area contributed by atoms with Crippen molar-refractivity contribution in [2.45, 2.75) is 26.8 Å². The Morgan fingerprint density at radius 2 is 2.10 bits per heavy atom. The first-order chi connectivity index (χ1) is 10.1. The van der Waals surface area contributed by atoms with Crippen molar-refractivity contribution in [2.24, 2.45) is 0 Å². The van der Waals surface area contributed by atoms with E-state index in [1.165, 1.54) is 11.1 Å². The van der Waals surface area contributed by atoms with Gasteiger partial charge in [-0.3, -0.25) is 9.88 Å². The molecule has 1 atom stereocenters. The van der Waals surface area contributed by atoms with Crippen LogP contribution in [0.15, 0.2) is 24.4 Å². The zero-order valence-electron chi connectivity index (χ0n) is 13.1. The lowest BCUT2D eigenvalue weighted by atomic mass is 10.1. The number of nitrogens with two attached hydrogens (primary N) is 1. The van der Waals surface area contributed by atoms with Crippen molar-refractivity contribution in [3.8, 4) is 0 Å². The molecular weight excluding hydrogens is 260 g/mol. The number of nitrogens with zero attached hydrogens (tertiary/aromatic N) is 3. The molecule has 1 fully saturated rings. The van der Waals surface area contributed by atoms with E-state index >= 15 is 0 Å². The maximum absolute atomic E-state index is 6.11. The van der Waals surface area contributed by atoms with Crippen LogP contribution < -0.4 is 10.6 Å². The van der Waals surface area contributed by atoms with Crippen LogP contribution in [-0.2, 0) is 0 Å². The van der Waals surface area contributed by atoms with Gasteiger partial charge in [-0.15, -0.1) is 0 Å². The van der Waals surface area contributed by atoms with Gasteiger partial charge in [-0.2, -0.15) is 0 Å². The second kappa shape index (κ2) is 5.53. The highest BCUT2D eigenvalue weighted by Crippen LogP contribution is 2.32. The molecule has 0 radical (unpaired) electrons. The van der Waals surface area contributed by atoms with Crippen LogP contribution in [0.4, 0.5) is 11.4 Å². The highest BCUT2D eigenvalue weighted by molar-refractivity contribution is 6.01. The molecule has 1 aromatic carbocycles. The Morgan fingerprint density at radius 3 is 2.81 bits per heavy atom. The number of rotatable bonds is 2. The van der Waals surface area contributed by atoms with E-state index < -0.39 is 0 Å².